The number of thiazole rings is 1. The number of hydrogen-bond acceptors (Lipinski definition) is 10. The number of aliphatic hydroxyl groups is 3. The number of aliphatic hydroxyl groups excluding tert-OH is 3. The summed E-state index contributed by atoms with van der Waals surface area (Å²) in [6.07, 6.45) is 2.36. The summed E-state index contributed by atoms with van der Waals surface area (Å²) in [5.74, 6) is 1.54. The van der Waals surface area contributed by atoms with Crippen molar-refractivity contribution in [2.45, 2.75) is 30.1 Å². The van der Waals surface area contributed by atoms with E-state index in [0.29, 0.717) is 28.1 Å². The minimum absolute atomic E-state index is 0.0186. The number of nitrogens with zero attached hydrogens (tertiary/aromatic N) is 3. The summed E-state index contributed by atoms with van der Waals surface area (Å²) in [6, 6.07) is 5.45. The van der Waals surface area contributed by atoms with Crippen LogP contribution in [0.5, 0.6) is 11.5 Å². The predicted octanol–water partition coefficient (Wildman–Crippen LogP) is 3.28. The zero-order valence-corrected chi connectivity index (χ0v) is 17.6. The molecule has 0 aromatic carbocycles. The lowest BCUT2D eigenvalue weighted by molar-refractivity contribution is 0.0928. The molecular weight excluding hydrogens is 412 g/mol. The van der Waals surface area contributed by atoms with Gasteiger partial charge in [0.25, 0.3) is 0 Å². The summed E-state index contributed by atoms with van der Waals surface area (Å²) in [7, 11) is 0. The van der Waals surface area contributed by atoms with Crippen molar-refractivity contribution in [2.75, 3.05) is 18.5 Å². The molecule has 0 spiro atoms. The van der Waals surface area contributed by atoms with Crippen LogP contribution in [0.15, 0.2) is 40.9 Å². The molecular formula is C19H22N4O4S2. The summed E-state index contributed by atoms with van der Waals surface area (Å²) >= 11 is 2.77. The number of thioether (sulfide) groups is 1. The first kappa shape index (κ1) is 21.5. The zero-order chi connectivity index (χ0) is 20.8. The number of ether oxygens (including phenoxy) is 1. The Hall–Kier alpha value is -2.24. The highest BCUT2D eigenvalue weighted by Crippen LogP contribution is 2.36. The monoisotopic (exact) mass is 434 g/mol. The van der Waals surface area contributed by atoms with E-state index in [1.807, 2.05) is 26.0 Å². The second-order valence-corrected chi connectivity index (χ2v) is 8.59. The van der Waals surface area contributed by atoms with Gasteiger partial charge in [0, 0.05) is 27.9 Å². The maximum atomic E-state index is 9.73. The molecule has 8 nitrogen and oxygen atoms in total. The normalized spacial score (nSPS) is 13.1. The van der Waals surface area contributed by atoms with Gasteiger partial charge < -0.3 is 25.4 Å². The van der Waals surface area contributed by atoms with Crippen molar-refractivity contribution >= 4 is 34.0 Å². The van der Waals surface area contributed by atoms with Crippen LogP contribution in [0.2, 0.25) is 0 Å². The Morgan fingerprint density at radius 3 is 2.79 bits per heavy atom. The lowest BCUT2D eigenvalue weighted by atomic mass is 10.3. The van der Waals surface area contributed by atoms with Crippen molar-refractivity contribution in [1.29, 1.82) is 0 Å². The van der Waals surface area contributed by atoms with E-state index in [1.165, 1.54) is 23.1 Å². The van der Waals surface area contributed by atoms with Crippen molar-refractivity contribution < 1.29 is 20.1 Å². The van der Waals surface area contributed by atoms with E-state index in [4.69, 9.17) is 9.84 Å². The van der Waals surface area contributed by atoms with Gasteiger partial charge in [0.05, 0.1) is 24.6 Å². The molecule has 0 aliphatic rings. The number of aryl methyl sites for hydroxylation is 1. The lowest BCUT2D eigenvalue weighted by Crippen LogP contribution is -2.04. The maximum absolute atomic E-state index is 9.73. The van der Waals surface area contributed by atoms with Crippen molar-refractivity contribution in [2.24, 2.45) is 0 Å². The first-order valence-electron chi connectivity index (χ1n) is 8.88. The van der Waals surface area contributed by atoms with Gasteiger partial charge in [0.2, 0.25) is 0 Å². The van der Waals surface area contributed by atoms with Crippen molar-refractivity contribution in [3.63, 3.8) is 0 Å². The van der Waals surface area contributed by atoms with Gasteiger partial charge in [0.1, 0.15) is 11.9 Å². The molecule has 10 heteroatoms. The Labute approximate surface area is 176 Å². The topological polar surface area (TPSA) is 121 Å². The third-order valence-electron chi connectivity index (χ3n) is 3.86. The maximum Gasteiger partial charge on any atom is 0.188 e. The fraction of sp³-hybridized carbons (Fsp3) is 0.316. The fourth-order valence-corrected chi connectivity index (χ4v) is 3.90. The lowest BCUT2D eigenvalue weighted by Gasteiger charge is -2.14. The Morgan fingerprint density at radius 2 is 2.07 bits per heavy atom. The second-order valence-electron chi connectivity index (χ2n) is 6.22. The zero-order valence-electron chi connectivity index (χ0n) is 15.9. The molecule has 0 aliphatic carbocycles. The largest absolute Gasteiger partial charge is 0.452 e. The number of aromatic nitrogens is 3. The standard InChI is InChI=1S/C19H22N4O4S2/c1-11(8-24)29-13-6-17(27-16-4-3-5-20-12(16)2)18(21-7-13)23-19-22-14(10-28-19)15(26)9-25/h3-7,10-11,15,24-26H,8-9H2,1-2H3,(H,21,22,23). The van der Waals surface area contributed by atoms with Gasteiger partial charge in [-0.2, -0.15) is 0 Å². The van der Waals surface area contributed by atoms with Crippen LogP contribution in [0.25, 0.3) is 0 Å². The third-order valence-corrected chi connectivity index (χ3v) is 5.68. The summed E-state index contributed by atoms with van der Waals surface area (Å²) in [4.78, 5) is 13.8. The summed E-state index contributed by atoms with van der Waals surface area (Å²) < 4.78 is 6.07. The highest BCUT2D eigenvalue weighted by Gasteiger charge is 2.15. The van der Waals surface area contributed by atoms with E-state index >= 15 is 0 Å². The van der Waals surface area contributed by atoms with E-state index in [9.17, 15) is 10.2 Å². The van der Waals surface area contributed by atoms with Crippen LogP contribution < -0.4 is 10.1 Å². The third kappa shape index (κ3) is 5.64. The van der Waals surface area contributed by atoms with Crippen LogP contribution >= 0.6 is 23.1 Å². The quantitative estimate of drug-likeness (QED) is 0.376. The molecule has 3 aromatic heterocycles. The predicted molar refractivity (Wildman–Crippen MR) is 113 cm³/mol. The molecule has 0 saturated heterocycles. The number of anilines is 2. The number of nitrogens with one attached hydrogen (secondary N) is 1. The number of hydrogen-bond donors (Lipinski definition) is 4. The Morgan fingerprint density at radius 1 is 1.24 bits per heavy atom. The molecule has 3 aromatic rings. The minimum Gasteiger partial charge on any atom is -0.452 e. The summed E-state index contributed by atoms with van der Waals surface area (Å²) in [5, 5.41) is 33.4. The molecule has 0 amide bonds. The first-order chi connectivity index (χ1) is 14.0. The average molecular weight is 435 g/mol. The van der Waals surface area contributed by atoms with Crippen LogP contribution in [-0.4, -0.2) is 48.7 Å². The van der Waals surface area contributed by atoms with Gasteiger partial charge >= 0.3 is 0 Å². The molecule has 4 N–H and O–H groups in total. The smallest absolute Gasteiger partial charge is 0.188 e. The average Bonchev–Trinajstić information content (AvgIpc) is 3.19. The van der Waals surface area contributed by atoms with Crippen LogP contribution in [0.1, 0.15) is 24.4 Å². The fourth-order valence-electron chi connectivity index (χ4n) is 2.32. The molecule has 0 saturated carbocycles. The highest BCUT2D eigenvalue weighted by molar-refractivity contribution is 8.00. The molecule has 0 radical (unpaired) electrons. The van der Waals surface area contributed by atoms with Gasteiger partial charge in [-0.1, -0.05) is 6.92 Å². The molecule has 2 unspecified atom stereocenters. The summed E-state index contributed by atoms with van der Waals surface area (Å²) in [5.41, 5.74) is 1.12. The molecule has 154 valence electrons. The van der Waals surface area contributed by atoms with Gasteiger partial charge in [-0.15, -0.1) is 23.1 Å². The van der Waals surface area contributed by atoms with Crippen LogP contribution in [0, 0.1) is 6.92 Å². The van der Waals surface area contributed by atoms with E-state index in [-0.39, 0.29) is 11.9 Å². The number of pyridine rings is 2. The summed E-state index contributed by atoms with van der Waals surface area (Å²) in [6.45, 7) is 3.43. The van der Waals surface area contributed by atoms with E-state index in [1.54, 1.807) is 23.8 Å². The van der Waals surface area contributed by atoms with Gasteiger partial charge in [-0.3, -0.25) is 4.98 Å². The molecule has 0 fully saturated rings. The van der Waals surface area contributed by atoms with E-state index in [2.05, 4.69) is 20.3 Å². The molecule has 3 heterocycles. The molecule has 29 heavy (non-hydrogen) atoms. The Bertz CT molecular complexity index is 953. The number of rotatable bonds is 9. The molecule has 0 aliphatic heterocycles. The Kier molecular flexibility index (Phi) is 7.40. The van der Waals surface area contributed by atoms with Crippen LogP contribution in [-0.2, 0) is 0 Å². The van der Waals surface area contributed by atoms with Crippen LogP contribution in [0.3, 0.4) is 0 Å². The van der Waals surface area contributed by atoms with E-state index < -0.39 is 12.7 Å². The van der Waals surface area contributed by atoms with Gasteiger partial charge in [-0.25, -0.2) is 9.97 Å². The van der Waals surface area contributed by atoms with E-state index in [0.717, 1.165) is 10.6 Å². The van der Waals surface area contributed by atoms with Crippen LogP contribution in [0.4, 0.5) is 10.9 Å². The molecule has 3 rings (SSSR count). The van der Waals surface area contributed by atoms with Crippen molar-refractivity contribution in [1.82, 2.24) is 15.0 Å². The highest BCUT2D eigenvalue weighted by atomic mass is 32.2. The van der Waals surface area contributed by atoms with Gasteiger partial charge in [0.15, 0.2) is 16.7 Å². The van der Waals surface area contributed by atoms with Gasteiger partial charge in [-0.05, 0) is 25.1 Å². The van der Waals surface area contributed by atoms with Crippen molar-refractivity contribution in [3.8, 4) is 11.5 Å². The SMILES string of the molecule is Cc1ncccc1Oc1cc(SC(C)CO)cnc1Nc1nc(C(O)CO)cs1. The molecule has 2 atom stereocenters. The first-order valence-corrected chi connectivity index (χ1v) is 10.6. The molecule has 0 bridgehead atoms. The minimum atomic E-state index is -1.03. The van der Waals surface area contributed by atoms with Crippen molar-refractivity contribution in [3.05, 3.63) is 47.4 Å². The Balaban J connectivity index is 1.90. The second kappa shape index (κ2) is 9.99.